The van der Waals surface area contributed by atoms with Crippen molar-refractivity contribution in [3.05, 3.63) is 35.4 Å². The molecule has 1 aromatic rings. The van der Waals surface area contributed by atoms with Gasteiger partial charge in [0.15, 0.2) is 5.41 Å². The van der Waals surface area contributed by atoms with E-state index in [0.717, 1.165) is 0 Å². The van der Waals surface area contributed by atoms with Crippen LogP contribution < -0.4 is 0 Å². The fraction of sp³-hybridized carbons (Fsp3) is 0.357. The van der Waals surface area contributed by atoms with Gasteiger partial charge < -0.3 is 9.94 Å². The molecule has 1 aliphatic heterocycles. The second-order valence-corrected chi connectivity index (χ2v) is 4.95. The van der Waals surface area contributed by atoms with Gasteiger partial charge in [0.05, 0.1) is 11.6 Å². The number of carboxylic acids is 1. The number of rotatable bonds is 4. The largest absolute Gasteiger partial charge is 0.478 e. The number of carbonyl (C=O) groups is 1. The van der Waals surface area contributed by atoms with Crippen molar-refractivity contribution in [2.24, 2.45) is 16.3 Å². The summed E-state index contributed by atoms with van der Waals surface area (Å²) in [7, 11) is 0. The van der Waals surface area contributed by atoms with Crippen LogP contribution in [0, 0.1) is 28.6 Å². The summed E-state index contributed by atoms with van der Waals surface area (Å²) in [6.45, 7) is 3.41. The molecule has 1 aromatic carbocycles. The Morgan fingerprint density at radius 3 is 2.43 bits per heavy atom. The van der Waals surface area contributed by atoms with Gasteiger partial charge in [0.1, 0.15) is 6.07 Å². The lowest BCUT2D eigenvalue weighted by molar-refractivity contribution is -0.136. The van der Waals surface area contributed by atoms with Crippen LogP contribution in [-0.4, -0.2) is 16.8 Å². The number of aromatic carboxylic acids is 1. The van der Waals surface area contributed by atoms with E-state index in [0.29, 0.717) is 0 Å². The lowest BCUT2D eigenvalue weighted by Gasteiger charge is -2.41. The molecular formula is C14H12N4O3. The highest BCUT2D eigenvalue weighted by Gasteiger charge is 2.64. The molecule has 1 N–H and O–H groups in total. The lowest BCUT2D eigenvalue weighted by atomic mass is 9.64. The quantitative estimate of drug-likeness (QED) is 0.910. The third-order valence-electron chi connectivity index (χ3n) is 3.67. The number of benzene rings is 1. The Morgan fingerprint density at radius 2 is 2.05 bits per heavy atom. The van der Waals surface area contributed by atoms with Gasteiger partial charge in [-0.05, 0) is 17.5 Å². The van der Waals surface area contributed by atoms with Crippen LogP contribution in [0.5, 0.6) is 0 Å². The normalized spacial score (nSPS) is 22.3. The molecule has 106 valence electrons. The maximum absolute atomic E-state index is 11.4. The third kappa shape index (κ3) is 1.75. The Hall–Kier alpha value is -2.93. The minimum atomic E-state index is -1.83. The van der Waals surface area contributed by atoms with Crippen LogP contribution >= 0.6 is 0 Å². The van der Waals surface area contributed by atoms with E-state index in [1.165, 1.54) is 12.1 Å². The first kappa shape index (κ1) is 14.5. The first-order chi connectivity index (χ1) is 9.95. The van der Waals surface area contributed by atoms with Crippen molar-refractivity contribution in [1.29, 1.82) is 10.5 Å². The molecule has 0 saturated heterocycles. The minimum absolute atomic E-state index is 0.0620. The summed E-state index contributed by atoms with van der Waals surface area (Å²) >= 11 is 0. The van der Waals surface area contributed by atoms with Gasteiger partial charge >= 0.3 is 11.7 Å². The molecule has 21 heavy (non-hydrogen) atoms. The van der Waals surface area contributed by atoms with Gasteiger partial charge in [-0.25, -0.2) is 4.79 Å². The zero-order valence-electron chi connectivity index (χ0n) is 11.4. The van der Waals surface area contributed by atoms with Gasteiger partial charge in [-0.3, -0.25) is 0 Å². The fourth-order valence-electron chi connectivity index (χ4n) is 2.57. The molecule has 0 aliphatic carbocycles. The van der Waals surface area contributed by atoms with Gasteiger partial charge in [-0.2, -0.15) is 10.5 Å². The summed E-state index contributed by atoms with van der Waals surface area (Å²) in [5.41, 5.74) is -3.27. The van der Waals surface area contributed by atoms with E-state index < -0.39 is 23.0 Å². The van der Waals surface area contributed by atoms with Crippen molar-refractivity contribution in [2.75, 3.05) is 0 Å². The first-order valence-corrected chi connectivity index (χ1v) is 6.21. The molecule has 0 saturated carbocycles. The van der Waals surface area contributed by atoms with Gasteiger partial charge in [0.2, 0.25) is 0 Å². The van der Waals surface area contributed by atoms with Crippen molar-refractivity contribution in [2.45, 2.75) is 25.0 Å². The summed E-state index contributed by atoms with van der Waals surface area (Å²) in [5, 5.41) is 35.5. The average molecular weight is 284 g/mol. The maximum atomic E-state index is 11.4. The lowest BCUT2D eigenvalue weighted by Crippen LogP contribution is -2.56. The topological polar surface area (TPSA) is 119 Å². The monoisotopic (exact) mass is 284 g/mol. The maximum Gasteiger partial charge on any atom is 0.357 e. The second kappa shape index (κ2) is 4.88. The first-order valence-electron chi connectivity index (χ1n) is 6.21. The van der Waals surface area contributed by atoms with Crippen LogP contribution in [0.3, 0.4) is 0 Å². The van der Waals surface area contributed by atoms with E-state index in [1.54, 1.807) is 26.0 Å². The van der Waals surface area contributed by atoms with Crippen molar-refractivity contribution in [3.63, 3.8) is 0 Å². The molecule has 0 amide bonds. The summed E-state index contributed by atoms with van der Waals surface area (Å²) in [5.74, 6) is -1.61. The molecule has 2 rings (SSSR count). The second-order valence-electron chi connectivity index (χ2n) is 4.95. The van der Waals surface area contributed by atoms with E-state index in [9.17, 15) is 20.4 Å². The highest BCUT2D eigenvalue weighted by molar-refractivity contribution is 5.90. The Morgan fingerprint density at radius 1 is 1.43 bits per heavy atom. The predicted molar refractivity (Wildman–Crippen MR) is 69.8 cm³/mol. The number of nitrogens with zero attached hydrogens (tertiary/aromatic N) is 4. The molecule has 7 nitrogen and oxygen atoms in total. The number of hydrogen-bond donors (Lipinski definition) is 1. The Labute approximate surface area is 121 Å². The summed E-state index contributed by atoms with van der Waals surface area (Å²) in [4.78, 5) is 16.4. The van der Waals surface area contributed by atoms with Crippen LogP contribution in [0.25, 0.3) is 0 Å². The Kier molecular flexibility index (Phi) is 3.36. The summed E-state index contributed by atoms with van der Waals surface area (Å²) in [6.07, 6.45) is 0. The van der Waals surface area contributed by atoms with Crippen molar-refractivity contribution < 1.29 is 14.7 Å². The van der Waals surface area contributed by atoms with Crippen LogP contribution in [0.1, 0.15) is 29.8 Å². The molecule has 0 bridgehead atoms. The van der Waals surface area contributed by atoms with Crippen molar-refractivity contribution in [3.8, 4) is 12.1 Å². The summed E-state index contributed by atoms with van der Waals surface area (Å²) in [6, 6.07) is 9.96. The number of nitriles is 2. The van der Waals surface area contributed by atoms with E-state index in [2.05, 4.69) is 16.5 Å². The van der Waals surface area contributed by atoms with Gasteiger partial charge in [-0.15, -0.1) is 0 Å². The van der Waals surface area contributed by atoms with Gasteiger partial charge in [0.25, 0.3) is 0 Å². The molecule has 0 radical (unpaired) electrons. The molecule has 0 spiro atoms. The average Bonchev–Trinajstić information content (AvgIpc) is 2.42. The highest BCUT2D eigenvalue weighted by atomic mass is 16.7. The summed E-state index contributed by atoms with van der Waals surface area (Å²) < 4.78 is 0. The molecule has 2 atom stereocenters. The highest BCUT2D eigenvalue weighted by Crippen LogP contribution is 2.49. The van der Waals surface area contributed by atoms with E-state index in [4.69, 9.17) is 4.84 Å². The zero-order chi connectivity index (χ0) is 15.7. The molecule has 0 fully saturated rings. The standard InChI is InChI=1S/C14H12N4O3/c1-9(2)13(7-15,14(8-16)17-18-21-14)11-6-4-3-5-10(11)12(19)20/h3-6,9H,1-2H3,(H,19,20). The van der Waals surface area contributed by atoms with Crippen LogP contribution in [0.4, 0.5) is 0 Å². The molecular weight excluding hydrogens is 272 g/mol. The van der Waals surface area contributed by atoms with E-state index in [1.807, 2.05) is 6.07 Å². The number of hydrogen-bond acceptors (Lipinski definition) is 6. The number of carboxylic acid groups (broad SMARTS) is 1. The molecule has 2 unspecified atom stereocenters. The zero-order valence-corrected chi connectivity index (χ0v) is 11.4. The van der Waals surface area contributed by atoms with Crippen molar-refractivity contribution in [1.82, 2.24) is 0 Å². The van der Waals surface area contributed by atoms with Crippen LogP contribution in [0.2, 0.25) is 0 Å². The Balaban J connectivity index is 2.82. The molecule has 0 aromatic heterocycles. The van der Waals surface area contributed by atoms with Crippen molar-refractivity contribution >= 4 is 5.97 Å². The predicted octanol–water partition coefficient (Wildman–Crippen LogP) is 2.42. The van der Waals surface area contributed by atoms with Crippen LogP contribution in [0.15, 0.2) is 34.7 Å². The van der Waals surface area contributed by atoms with E-state index >= 15 is 0 Å². The van der Waals surface area contributed by atoms with E-state index in [-0.39, 0.29) is 11.1 Å². The minimum Gasteiger partial charge on any atom is -0.478 e. The molecule has 1 heterocycles. The molecule has 7 heteroatoms. The van der Waals surface area contributed by atoms with Gasteiger partial charge in [-0.1, -0.05) is 37.2 Å². The molecule has 1 aliphatic rings. The third-order valence-corrected chi connectivity index (χ3v) is 3.67. The Bertz CT molecular complexity index is 701. The fourth-order valence-corrected chi connectivity index (χ4v) is 2.57. The van der Waals surface area contributed by atoms with Gasteiger partial charge in [0, 0.05) is 5.28 Å². The van der Waals surface area contributed by atoms with Crippen LogP contribution in [-0.2, 0) is 10.3 Å². The SMILES string of the molecule is CC(C)C(C#N)(c1ccccc1C(=O)O)C1(C#N)N=NO1. The smallest absolute Gasteiger partial charge is 0.357 e.